The van der Waals surface area contributed by atoms with Gasteiger partial charge in [0.15, 0.2) is 0 Å². The molecule has 0 unspecified atom stereocenters. The molecule has 19 heavy (non-hydrogen) atoms. The number of likely N-dealkylation sites (N-methyl/N-ethyl adjacent to an activating group) is 1. The van der Waals surface area contributed by atoms with E-state index in [-0.39, 0.29) is 5.75 Å². The number of aromatic nitrogens is 1. The second-order valence-corrected chi connectivity index (χ2v) is 5.04. The maximum absolute atomic E-state index is 9.38. The molecule has 2 aromatic rings. The van der Waals surface area contributed by atoms with Crippen LogP contribution < -0.4 is 0 Å². The summed E-state index contributed by atoms with van der Waals surface area (Å²) < 4.78 is 0. The molecule has 1 aromatic carbocycles. The SMILES string of the molecule is CN(CCc1ccncc1)Cc1ccc(O)c(Cl)c1. The van der Waals surface area contributed by atoms with Gasteiger partial charge in [-0.25, -0.2) is 0 Å². The molecule has 100 valence electrons. The monoisotopic (exact) mass is 276 g/mol. The molecular formula is C15H17ClN2O. The van der Waals surface area contributed by atoms with Crippen LogP contribution in [-0.2, 0) is 13.0 Å². The van der Waals surface area contributed by atoms with Crippen molar-refractivity contribution in [1.82, 2.24) is 9.88 Å². The average molecular weight is 277 g/mol. The molecule has 0 aliphatic carbocycles. The first kappa shape index (κ1) is 13.8. The van der Waals surface area contributed by atoms with Crippen LogP contribution in [0, 0.1) is 0 Å². The second-order valence-electron chi connectivity index (χ2n) is 4.63. The van der Waals surface area contributed by atoms with E-state index < -0.39 is 0 Å². The fourth-order valence-corrected chi connectivity index (χ4v) is 2.11. The van der Waals surface area contributed by atoms with Gasteiger partial charge in [-0.3, -0.25) is 4.98 Å². The van der Waals surface area contributed by atoms with Gasteiger partial charge in [-0.05, 0) is 48.9 Å². The summed E-state index contributed by atoms with van der Waals surface area (Å²) >= 11 is 5.89. The largest absolute Gasteiger partial charge is 0.506 e. The van der Waals surface area contributed by atoms with Crippen molar-refractivity contribution in [3.63, 3.8) is 0 Å². The zero-order valence-electron chi connectivity index (χ0n) is 10.9. The highest BCUT2D eigenvalue weighted by Gasteiger charge is 2.04. The van der Waals surface area contributed by atoms with Gasteiger partial charge >= 0.3 is 0 Å². The van der Waals surface area contributed by atoms with Crippen LogP contribution in [-0.4, -0.2) is 28.6 Å². The molecule has 0 spiro atoms. The maximum atomic E-state index is 9.38. The molecule has 1 N–H and O–H groups in total. The molecule has 0 bridgehead atoms. The van der Waals surface area contributed by atoms with Crippen LogP contribution in [0.1, 0.15) is 11.1 Å². The molecule has 0 radical (unpaired) electrons. The van der Waals surface area contributed by atoms with E-state index in [2.05, 4.69) is 16.9 Å². The molecule has 0 atom stereocenters. The Morgan fingerprint density at radius 2 is 1.89 bits per heavy atom. The minimum atomic E-state index is 0.129. The quantitative estimate of drug-likeness (QED) is 0.912. The Labute approximate surface area is 118 Å². The van der Waals surface area contributed by atoms with E-state index in [1.54, 1.807) is 12.1 Å². The first-order chi connectivity index (χ1) is 9.15. The third-order valence-electron chi connectivity index (χ3n) is 3.00. The number of pyridine rings is 1. The smallest absolute Gasteiger partial charge is 0.134 e. The molecule has 3 nitrogen and oxygen atoms in total. The van der Waals surface area contributed by atoms with E-state index in [0.717, 1.165) is 25.1 Å². The molecule has 0 aliphatic rings. The fourth-order valence-electron chi connectivity index (χ4n) is 1.91. The molecule has 1 aromatic heterocycles. The average Bonchev–Trinajstić information content (AvgIpc) is 2.42. The predicted octanol–water partition coefficient (Wildman–Crippen LogP) is 3.12. The standard InChI is InChI=1S/C15H17ClN2O/c1-18(9-6-12-4-7-17-8-5-12)11-13-2-3-15(19)14(16)10-13/h2-5,7-8,10,19H,6,9,11H2,1H3. The van der Waals surface area contributed by atoms with Crippen molar-refractivity contribution in [1.29, 1.82) is 0 Å². The van der Waals surface area contributed by atoms with Gasteiger partial charge in [0.25, 0.3) is 0 Å². The summed E-state index contributed by atoms with van der Waals surface area (Å²) in [6, 6.07) is 9.40. The normalized spacial score (nSPS) is 10.9. The number of nitrogens with zero attached hydrogens (tertiary/aromatic N) is 2. The maximum Gasteiger partial charge on any atom is 0.134 e. The highest BCUT2D eigenvalue weighted by atomic mass is 35.5. The number of benzene rings is 1. The van der Waals surface area contributed by atoms with E-state index in [4.69, 9.17) is 11.6 Å². The first-order valence-electron chi connectivity index (χ1n) is 6.20. The number of aromatic hydroxyl groups is 1. The van der Waals surface area contributed by atoms with E-state index in [1.165, 1.54) is 5.56 Å². The summed E-state index contributed by atoms with van der Waals surface area (Å²) in [4.78, 5) is 6.23. The lowest BCUT2D eigenvalue weighted by Gasteiger charge is -2.17. The third kappa shape index (κ3) is 4.23. The minimum Gasteiger partial charge on any atom is -0.506 e. The van der Waals surface area contributed by atoms with Gasteiger partial charge in [0.2, 0.25) is 0 Å². The van der Waals surface area contributed by atoms with E-state index in [1.807, 2.05) is 30.6 Å². The zero-order chi connectivity index (χ0) is 13.7. The van der Waals surface area contributed by atoms with Crippen molar-refractivity contribution in [3.05, 3.63) is 58.9 Å². The minimum absolute atomic E-state index is 0.129. The summed E-state index contributed by atoms with van der Waals surface area (Å²) in [6.07, 6.45) is 4.62. The Balaban J connectivity index is 1.87. The van der Waals surface area contributed by atoms with Crippen molar-refractivity contribution in [2.75, 3.05) is 13.6 Å². The lowest BCUT2D eigenvalue weighted by atomic mass is 10.1. The summed E-state index contributed by atoms with van der Waals surface area (Å²) in [7, 11) is 2.07. The molecular weight excluding hydrogens is 260 g/mol. The second kappa shape index (κ2) is 6.55. The Kier molecular flexibility index (Phi) is 4.77. The van der Waals surface area contributed by atoms with Gasteiger partial charge < -0.3 is 10.0 Å². The Morgan fingerprint density at radius 3 is 2.58 bits per heavy atom. The van der Waals surface area contributed by atoms with Gasteiger partial charge in [0, 0.05) is 25.5 Å². The van der Waals surface area contributed by atoms with Crippen molar-refractivity contribution >= 4 is 11.6 Å². The van der Waals surface area contributed by atoms with E-state index in [0.29, 0.717) is 5.02 Å². The zero-order valence-corrected chi connectivity index (χ0v) is 11.6. The number of phenolic OH excluding ortho intramolecular Hbond substituents is 1. The number of hydrogen-bond donors (Lipinski definition) is 1. The van der Waals surface area contributed by atoms with Crippen LogP contribution in [0.2, 0.25) is 5.02 Å². The molecule has 2 rings (SSSR count). The van der Waals surface area contributed by atoms with Crippen molar-refractivity contribution in [3.8, 4) is 5.75 Å². The summed E-state index contributed by atoms with van der Waals surface area (Å²) in [5, 5.41) is 9.78. The number of hydrogen-bond acceptors (Lipinski definition) is 3. The number of halogens is 1. The molecule has 0 amide bonds. The Hall–Kier alpha value is -1.58. The van der Waals surface area contributed by atoms with Gasteiger partial charge in [-0.2, -0.15) is 0 Å². The highest BCUT2D eigenvalue weighted by Crippen LogP contribution is 2.24. The number of rotatable bonds is 5. The van der Waals surface area contributed by atoms with Gasteiger partial charge in [0.1, 0.15) is 5.75 Å². The molecule has 0 fully saturated rings. The summed E-state index contributed by atoms with van der Waals surface area (Å²) in [5.74, 6) is 0.129. The molecule has 4 heteroatoms. The van der Waals surface area contributed by atoms with Crippen molar-refractivity contribution in [2.24, 2.45) is 0 Å². The Bertz CT molecular complexity index is 531. The first-order valence-corrected chi connectivity index (χ1v) is 6.58. The van der Waals surface area contributed by atoms with Gasteiger partial charge in [0.05, 0.1) is 5.02 Å². The van der Waals surface area contributed by atoms with E-state index in [9.17, 15) is 5.11 Å². The predicted molar refractivity (Wildman–Crippen MR) is 77.4 cm³/mol. The van der Waals surface area contributed by atoms with Crippen LogP contribution in [0.15, 0.2) is 42.7 Å². The fraction of sp³-hybridized carbons (Fsp3) is 0.267. The Morgan fingerprint density at radius 1 is 1.16 bits per heavy atom. The number of phenols is 1. The van der Waals surface area contributed by atoms with Crippen molar-refractivity contribution < 1.29 is 5.11 Å². The van der Waals surface area contributed by atoms with Crippen LogP contribution in [0.5, 0.6) is 5.75 Å². The summed E-state index contributed by atoms with van der Waals surface area (Å²) in [6.45, 7) is 1.77. The van der Waals surface area contributed by atoms with Crippen LogP contribution >= 0.6 is 11.6 Å². The van der Waals surface area contributed by atoms with Crippen LogP contribution in [0.4, 0.5) is 0 Å². The summed E-state index contributed by atoms with van der Waals surface area (Å²) in [5.41, 5.74) is 2.38. The van der Waals surface area contributed by atoms with Gasteiger partial charge in [-0.1, -0.05) is 17.7 Å². The van der Waals surface area contributed by atoms with Crippen LogP contribution in [0.25, 0.3) is 0 Å². The lowest BCUT2D eigenvalue weighted by Crippen LogP contribution is -2.20. The highest BCUT2D eigenvalue weighted by molar-refractivity contribution is 6.32. The lowest BCUT2D eigenvalue weighted by molar-refractivity contribution is 0.331. The topological polar surface area (TPSA) is 36.4 Å². The molecule has 0 saturated carbocycles. The van der Waals surface area contributed by atoms with E-state index >= 15 is 0 Å². The molecule has 0 aliphatic heterocycles. The van der Waals surface area contributed by atoms with Gasteiger partial charge in [-0.15, -0.1) is 0 Å². The molecule has 0 saturated heterocycles. The van der Waals surface area contributed by atoms with Crippen molar-refractivity contribution in [2.45, 2.75) is 13.0 Å². The third-order valence-corrected chi connectivity index (χ3v) is 3.30. The van der Waals surface area contributed by atoms with Crippen LogP contribution in [0.3, 0.4) is 0 Å². The molecule has 1 heterocycles.